The van der Waals surface area contributed by atoms with Crippen LogP contribution in [0.5, 0.6) is 0 Å². The fourth-order valence-electron chi connectivity index (χ4n) is 4.50. The summed E-state index contributed by atoms with van der Waals surface area (Å²) in [6.45, 7) is 2.21. The zero-order chi connectivity index (χ0) is 16.8. The van der Waals surface area contributed by atoms with Gasteiger partial charge in [-0.3, -0.25) is 4.98 Å². The number of aryl methyl sites for hydroxylation is 1. The van der Waals surface area contributed by atoms with Crippen molar-refractivity contribution < 1.29 is 0 Å². The molecule has 2 heterocycles. The van der Waals surface area contributed by atoms with E-state index >= 15 is 0 Å². The molecule has 0 saturated heterocycles. The highest BCUT2D eigenvalue weighted by Crippen LogP contribution is 2.45. The highest BCUT2D eigenvalue weighted by Gasteiger charge is 2.36. The van der Waals surface area contributed by atoms with Crippen LogP contribution in [0, 0.1) is 18.8 Å². The van der Waals surface area contributed by atoms with Crippen molar-refractivity contribution in [1.82, 2.24) is 9.55 Å². The van der Waals surface area contributed by atoms with E-state index in [1.54, 1.807) is 0 Å². The second-order valence-corrected chi connectivity index (χ2v) is 8.07. The van der Waals surface area contributed by atoms with Crippen LogP contribution < -0.4 is 0 Å². The maximum atomic E-state index is 4.80. The van der Waals surface area contributed by atoms with Gasteiger partial charge < -0.3 is 4.57 Å². The molecule has 0 spiro atoms. The van der Waals surface area contributed by atoms with Crippen molar-refractivity contribution in [3.63, 3.8) is 0 Å². The summed E-state index contributed by atoms with van der Waals surface area (Å²) in [5.74, 6) is 1.63. The number of fused-ring (bicyclic) bond motifs is 1. The summed E-state index contributed by atoms with van der Waals surface area (Å²) in [4.78, 5) is 4.80. The van der Waals surface area contributed by atoms with E-state index in [0.29, 0.717) is 6.04 Å². The lowest BCUT2D eigenvalue weighted by Crippen LogP contribution is -2.17. The van der Waals surface area contributed by atoms with E-state index in [0.717, 1.165) is 11.8 Å². The molecule has 2 fully saturated rings. The van der Waals surface area contributed by atoms with Gasteiger partial charge in [0.2, 0.25) is 0 Å². The quantitative estimate of drug-likeness (QED) is 0.588. The average molecular weight is 330 g/mol. The second-order valence-electron chi connectivity index (χ2n) is 8.07. The van der Waals surface area contributed by atoms with Crippen molar-refractivity contribution >= 4 is 10.9 Å². The van der Waals surface area contributed by atoms with Gasteiger partial charge in [-0.2, -0.15) is 0 Å². The van der Waals surface area contributed by atoms with Crippen LogP contribution in [0.25, 0.3) is 10.9 Å². The molecule has 0 radical (unpaired) electrons. The Morgan fingerprint density at radius 2 is 1.96 bits per heavy atom. The number of para-hydroxylation sites is 1. The molecular weight excluding hydrogens is 304 g/mol. The van der Waals surface area contributed by atoms with Gasteiger partial charge in [-0.1, -0.05) is 43.5 Å². The van der Waals surface area contributed by atoms with Crippen LogP contribution in [0.4, 0.5) is 0 Å². The van der Waals surface area contributed by atoms with Gasteiger partial charge in [-0.05, 0) is 66.7 Å². The third kappa shape index (κ3) is 2.68. The van der Waals surface area contributed by atoms with Crippen LogP contribution in [0.3, 0.4) is 0 Å². The third-order valence-corrected chi connectivity index (χ3v) is 6.26. The maximum absolute atomic E-state index is 4.80. The molecule has 2 aliphatic rings. The molecular formula is C23H26N2. The fraction of sp³-hybridized carbons (Fsp3) is 0.435. The monoisotopic (exact) mass is 330 g/mol. The number of pyridine rings is 1. The Kier molecular flexibility index (Phi) is 3.65. The SMILES string of the molecule is Cc1cccnc1C(C1CC1)n1ccc2cccc(CC3CCC3)c21. The van der Waals surface area contributed by atoms with Crippen molar-refractivity contribution in [1.29, 1.82) is 0 Å². The standard InChI is InChI=1S/C23H26N2/c1-16-5-4-13-24-21(16)23(19-10-11-19)25-14-12-18-8-3-9-20(22(18)25)15-17-6-2-7-17/h3-5,8-9,12-14,17,19,23H,2,6-7,10-11,15H2,1H3. The first kappa shape index (κ1) is 15.2. The number of nitrogens with zero attached hydrogens (tertiary/aromatic N) is 2. The summed E-state index contributed by atoms with van der Waals surface area (Å²) >= 11 is 0. The van der Waals surface area contributed by atoms with E-state index in [-0.39, 0.29) is 0 Å². The van der Waals surface area contributed by atoms with Crippen molar-refractivity contribution in [2.24, 2.45) is 11.8 Å². The lowest BCUT2D eigenvalue weighted by atomic mass is 9.80. The van der Waals surface area contributed by atoms with E-state index in [1.807, 2.05) is 6.20 Å². The molecule has 0 N–H and O–H groups in total. The first-order valence-corrected chi connectivity index (χ1v) is 9.81. The van der Waals surface area contributed by atoms with E-state index in [1.165, 1.54) is 66.2 Å². The second kappa shape index (κ2) is 6.01. The minimum atomic E-state index is 0.390. The normalized spacial score (nSPS) is 19.1. The lowest BCUT2D eigenvalue weighted by Gasteiger charge is -2.27. The fourth-order valence-corrected chi connectivity index (χ4v) is 4.50. The van der Waals surface area contributed by atoms with E-state index in [9.17, 15) is 0 Å². The first-order valence-electron chi connectivity index (χ1n) is 9.81. The van der Waals surface area contributed by atoms with Gasteiger partial charge in [0, 0.05) is 12.4 Å². The molecule has 25 heavy (non-hydrogen) atoms. The Morgan fingerprint density at radius 1 is 1.08 bits per heavy atom. The summed E-state index contributed by atoms with van der Waals surface area (Å²) in [6, 6.07) is 13.8. The van der Waals surface area contributed by atoms with Crippen LogP contribution in [-0.4, -0.2) is 9.55 Å². The molecule has 5 rings (SSSR count). The summed E-state index contributed by atoms with van der Waals surface area (Å²) in [6.07, 6.45) is 12.4. The Balaban J connectivity index is 1.64. The predicted molar refractivity (Wildman–Crippen MR) is 103 cm³/mol. The number of hydrogen-bond acceptors (Lipinski definition) is 1. The smallest absolute Gasteiger partial charge is 0.0788 e. The molecule has 1 unspecified atom stereocenters. The number of rotatable bonds is 5. The van der Waals surface area contributed by atoms with Crippen LogP contribution in [-0.2, 0) is 6.42 Å². The van der Waals surface area contributed by atoms with Gasteiger partial charge >= 0.3 is 0 Å². The van der Waals surface area contributed by atoms with Gasteiger partial charge in [0.25, 0.3) is 0 Å². The van der Waals surface area contributed by atoms with E-state index in [2.05, 4.69) is 54.1 Å². The van der Waals surface area contributed by atoms with Gasteiger partial charge in [0.15, 0.2) is 0 Å². The van der Waals surface area contributed by atoms with Crippen molar-refractivity contribution in [2.45, 2.75) is 51.5 Å². The van der Waals surface area contributed by atoms with Gasteiger partial charge in [-0.25, -0.2) is 0 Å². The summed E-state index contributed by atoms with van der Waals surface area (Å²) in [5.41, 5.74) is 5.57. The molecule has 2 heteroatoms. The molecule has 0 aliphatic heterocycles. The Hall–Kier alpha value is -2.09. The molecule has 2 aromatic heterocycles. The maximum Gasteiger partial charge on any atom is 0.0788 e. The first-order chi connectivity index (χ1) is 12.3. The molecule has 2 saturated carbocycles. The Bertz CT molecular complexity index is 899. The molecule has 3 aromatic rings. The molecule has 2 aliphatic carbocycles. The van der Waals surface area contributed by atoms with Crippen LogP contribution in [0.2, 0.25) is 0 Å². The molecule has 0 bridgehead atoms. The molecule has 1 aromatic carbocycles. The van der Waals surface area contributed by atoms with Crippen LogP contribution in [0.1, 0.15) is 55.0 Å². The lowest BCUT2D eigenvalue weighted by molar-refractivity contribution is 0.315. The average Bonchev–Trinajstić information content (AvgIpc) is 3.33. The molecule has 1 atom stereocenters. The predicted octanol–water partition coefficient (Wildman–Crippen LogP) is 5.69. The van der Waals surface area contributed by atoms with Gasteiger partial charge in [-0.15, -0.1) is 0 Å². The van der Waals surface area contributed by atoms with Crippen molar-refractivity contribution in [3.05, 3.63) is 65.6 Å². The van der Waals surface area contributed by atoms with E-state index in [4.69, 9.17) is 4.98 Å². The van der Waals surface area contributed by atoms with Crippen molar-refractivity contribution in [2.75, 3.05) is 0 Å². The highest BCUT2D eigenvalue weighted by molar-refractivity contribution is 5.83. The number of aromatic nitrogens is 2. The van der Waals surface area contributed by atoms with Gasteiger partial charge in [0.05, 0.1) is 17.3 Å². The minimum absolute atomic E-state index is 0.390. The largest absolute Gasteiger partial charge is 0.338 e. The van der Waals surface area contributed by atoms with E-state index < -0.39 is 0 Å². The highest BCUT2D eigenvalue weighted by atomic mass is 15.0. The van der Waals surface area contributed by atoms with Crippen molar-refractivity contribution in [3.8, 4) is 0 Å². The zero-order valence-electron chi connectivity index (χ0n) is 15.0. The molecule has 0 amide bonds. The number of hydrogen-bond donors (Lipinski definition) is 0. The van der Waals surface area contributed by atoms with Gasteiger partial charge in [0.1, 0.15) is 0 Å². The summed E-state index contributed by atoms with van der Waals surface area (Å²) in [5, 5.41) is 1.39. The van der Waals surface area contributed by atoms with Crippen LogP contribution in [0.15, 0.2) is 48.8 Å². The Morgan fingerprint density at radius 3 is 2.68 bits per heavy atom. The molecule has 2 nitrogen and oxygen atoms in total. The third-order valence-electron chi connectivity index (χ3n) is 6.26. The topological polar surface area (TPSA) is 17.8 Å². The Labute approximate surface area is 149 Å². The molecule has 128 valence electrons. The minimum Gasteiger partial charge on any atom is -0.338 e. The zero-order valence-corrected chi connectivity index (χ0v) is 15.0. The van der Waals surface area contributed by atoms with Crippen LogP contribution >= 0.6 is 0 Å². The summed E-state index contributed by atoms with van der Waals surface area (Å²) < 4.78 is 2.55. The summed E-state index contributed by atoms with van der Waals surface area (Å²) in [7, 11) is 0. The number of benzene rings is 1.